The first kappa shape index (κ1) is 17.9. The van der Waals surface area contributed by atoms with Gasteiger partial charge in [0.15, 0.2) is 5.92 Å². The van der Waals surface area contributed by atoms with Crippen LogP contribution in [0.2, 0.25) is 0 Å². The molecule has 0 spiro atoms. The van der Waals surface area contributed by atoms with E-state index in [0.717, 1.165) is 38.5 Å². The molecule has 0 rings (SSSR count). The fourth-order valence-electron chi connectivity index (χ4n) is 1.68. The fraction of sp³-hybridized carbons (Fsp3) is 0.867. The SMILES string of the molecule is CCCCCOC(=O)C(CC)C(=O)OCCCCC. The Morgan fingerprint density at radius 3 is 1.53 bits per heavy atom. The van der Waals surface area contributed by atoms with Gasteiger partial charge in [0.05, 0.1) is 13.2 Å². The van der Waals surface area contributed by atoms with E-state index in [9.17, 15) is 9.59 Å². The van der Waals surface area contributed by atoms with Crippen molar-refractivity contribution in [2.24, 2.45) is 5.92 Å². The van der Waals surface area contributed by atoms with E-state index in [4.69, 9.17) is 9.47 Å². The minimum absolute atomic E-state index is 0.395. The van der Waals surface area contributed by atoms with Crippen LogP contribution in [0.1, 0.15) is 65.7 Å². The molecular weight excluding hydrogens is 244 g/mol. The van der Waals surface area contributed by atoms with Crippen LogP contribution in [0.25, 0.3) is 0 Å². The van der Waals surface area contributed by atoms with Crippen LogP contribution in [0.5, 0.6) is 0 Å². The molecule has 0 N–H and O–H groups in total. The van der Waals surface area contributed by atoms with Gasteiger partial charge in [-0.1, -0.05) is 46.5 Å². The Bertz CT molecular complexity index is 227. The maximum atomic E-state index is 11.7. The van der Waals surface area contributed by atoms with Gasteiger partial charge in [0, 0.05) is 0 Å². The van der Waals surface area contributed by atoms with Crippen molar-refractivity contribution in [3.63, 3.8) is 0 Å². The Labute approximate surface area is 116 Å². The Kier molecular flexibility index (Phi) is 11.3. The summed E-state index contributed by atoms with van der Waals surface area (Å²) in [6.07, 6.45) is 6.35. The predicted octanol–water partition coefficient (Wildman–Crippen LogP) is 3.48. The van der Waals surface area contributed by atoms with Crippen molar-refractivity contribution >= 4 is 11.9 Å². The monoisotopic (exact) mass is 272 g/mol. The molecule has 0 bridgehead atoms. The van der Waals surface area contributed by atoms with Gasteiger partial charge in [0.25, 0.3) is 0 Å². The maximum Gasteiger partial charge on any atom is 0.320 e. The topological polar surface area (TPSA) is 52.6 Å². The molecule has 0 aromatic rings. The second-order valence-electron chi connectivity index (χ2n) is 4.71. The lowest BCUT2D eigenvalue weighted by atomic mass is 10.1. The lowest BCUT2D eigenvalue weighted by Crippen LogP contribution is -2.28. The summed E-state index contributed by atoms with van der Waals surface area (Å²) in [4.78, 5) is 23.5. The molecule has 0 unspecified atom stereocenters. The summed E-state index contributed by atoms with van der Waals surface area (Å²) in [7, 11) is 0. The smallest absolute Gasteiger partial charge is 0.320 e. The predicted molar refractivity (Wildman–Crippen MR) is 74.7 cm³/mol. The van der Waals surface area contributed by atoms with E-state index in [2.05, 4.69) is 13.8 Å². The number of unbranched alkanes of at least 4 members (excludes halogenated alkanes) is 4. The first-order chi connectivity index (χ1) is 9.17. The molecular formula is C15H28O4. The van der Waals surface area contributed by atoms with E-state index < -0.39 is 17.9 Å². The molecule has 19 heavy (non-hydrogen) atoms. The summed E-state index contributed by atoms with van der Waals surface area (Å²) < 4.78 is 10.2. The highest BCUT2D eigenvalue weighted by Gasteiger charge is 2.27. The zero-order valence-corrected chi connectivity index (χ0v) is 12.6. The fourth-order valence-corrected chi connectivity index (χ4v) is 1.68. The second-order valence-corrected chi connectivity index (χ2v) is 4.71. The van der Waals surface area contributed by atoms with E-state index in [1.54, 1.807) is 6.92 Å². The Hall–Kier alpha value is -1.06. The van der Waals surface area contributed by atoms with Crippen molar-refractivity contribution in [2.45, 2.75) is 65.7 Å². The summed E-state index contributed by atoms with van der Waals surface area (Å²) in [5.74, 6) is -1.65. The van der Waals surface area contributed by atoms with Gasteiger partial charge in [-0.15, -0.1) is 0 Å². The van der Waals surface area contributed by atoms with Crippen molar-refractivity contribution in [1.29, 1.82) is 0 Å². The van der Waals surface area contributed by atoms with Crippen molar-refractivity contribution in [2.75, 3.05) is 13.2 Å². The van der Waals surface area contributed by atoms with Gasteiger partial charge in [-0.2, -0.15) is 0 Å². The van der Waals surface area contributed by atoms with Crippen molar-refractivity contribution in [3.8, 4) is 0 Å². The summed E-state index contributed by atoms with van der Waals surface area (Å²) in [5, 5.41) is 0. The van der Waals surface area contributed by atoms with Crippen LogP contribution in [0.15, 0.2) is 0 Å². The first-order valence-electron chi connectivity index (χ1n) is 7.50. The highest BCUT2D eigenvalue weighted by Crippen LogP contribution is 2.10. The third kappa shape index (κ3) is 8.62. The Morgan fingerprint density at radius 1 is 0.789 bits per heavy atom. The number of carbonyl (C=O) groups excluding carboxylic acids is 2. The van der Waals surface area contributed by atoms with Crippen molar-refractivity contribution < 1.29 is 19.1 Å². The molecule has 4 heteroatoms. The zero-order valence-electron chi connectivity index (χ0n) is 12.6. The largest absolute Gasteiger partial charge is 0.465 e. The summed E-state index contributed by atoms with van der Waals surface area (Å²) in [5.41, 5.74) is 0. The van der Waals surface area contributed by atoms with Gasteiger partial charge in [-0.3, -0.25) is 9.59 Å². The Morgan fingerprint density at radius 2 is 1.21 bits per heavy atom. The van der Waals surface area contributed by atoms with E-state index in [1.165, 1.54) is 0 Å². The molecule has 0 radical (unpaired) electrons. The lowest BCUT2D eigenvalue weighted by Gasteiger charge is -2.13. The molecule has 112 valence electrons. The molecule has 0 amide bonds. The molecule has 4 nitrogen and oxygen atoms in total. The average molecular weight is 272 g/mol. The third-order valence-electron chi connectivity index (χ3n) is 2.96. The first-order valence-corrected chi connectivity index (χ1v) is 7.50. The summed E-state index contributed by atoms with van der Waals surface area (Å²) in [6.45, 7) is 6.76. The molecule has 0 saturated carbocycles. The van der Waals surface area contributed by atoms with Crippen molar-refractivity contribution in [1.82, 2.24) is 0 Å². The second kappa shape index (κ2) is 12.0. The number of rotatable bonds is 11. The van der Waals surface area contributed by atoms with Gasteiger partial charge >= 0.3 is 11.9 Å². The quantitative estimate of drug-likeness (QED) is 0.328. The van der Waals surface area contributed by atoms with Crippen LogP contribution >= 0.6 is 0 Å². The number of hydrogen-bond acceptors (Lipinski definition) is 4. The van der Waals surface area contributed by atoms with Crippen LogP contribution in [0.4, 0.5) is 0 Å². The molecule has 0 saturated heterocycles. The van der Waals surface area contributed by atoms with Crippen molar-refractivity contribution in [3.05, 3.63) is 0 Å². The zero-order chi connectivity index (χ0) is 14.5. The minimum Gasteiger partial charge on any atom is -0.465 e. The van der Waals surface area contributed by atoms with Gasteiger partial charge in [0.2, 0.25) is 0 Å². The van der Waals surface area contributed by atoms with E-state index >= 15 is 0 Å². The average Bonchev–Trinajstić information content (AvgIpc) is 2.40. The van der Waals surface area contributed by atoms with Crippen LogP contribution in [-0.2, 0) is 19.1 Å². The lowest BCUT2D eigenvalue weighted by molar-refractivity contribution is -0.162. The molecule has 0 atom stereocenters. The molecule has 0 heterocycles. The molecule has 0 fully saturated rings. The molecule has 0 aliphatic carbocycles. The van der Waals surface area contributed by atoms with E-state index in [0.29, 0.717) is 19.6 Å². The van der Waals surface area contributed by atoms with Gasteiger partial charge < -0.3 is 9.47 Å². The minimum atomic E-state index is -0.761. The molecule has 0 aromatic carbocycles. The van der Waals surface area contributed by atoms with E-state index in [-0.39, 0.29) is 0 Å². The van der Waals surface area contributed by atoms with Crippen LogP contribution < -0.4 is 0 Å². The Balaban J connectivity index is 3.94. The number of ether oxygens (including phenoxy) is 2. The maximum absolute atomic E-state index is 11.7. The highest BCUT2D eigenvalue weighted by atomic mass is 16.6. The summed E-state index contributed by atoms with van der Waals surface area (Å²) >= 11 is 0. The van der Waals surface area contributed by atoms with Gasteiger partial charge in [0.1, 0.15) is 0 Å². The molecule has 0 aliphatic rings. The van der Waals surface area contributed by atoms with Crippen LogP contribution in [0.3, 0.4) is 0 Å². The third-order valence-corrected chi connectivity index (χ3v) is 2.96. The number of esters is 2. The molecule has 0 aromatic heterocycles. The van der Waals surface area contributed by atoms with Gasteiger partial charge in [-0.05, 0) is 19.3 Å². The molecule has 0 aliphatic heterocycles. The summed E-state index contributed by atoms with van der Waals surface area (Å²) in [6, 6.07) is 0. The van der Waals surface area contributed by atoms with E-state index in [1.807, 2.05) is 0 Å². The normalized spacial score (nSPS) is 10.5. The van der Waals surface area contributed by atoms with Crippen LogP contribution in [0, 0.1) is 5.92 Å². The highest BCUT2D eigenvalue weighted by molar-refractivity contribution is 5.94. The van der Waals surface area contributed by atoms with Crippen LogP contribution in [-0.4, -0.2) is 25.2 Å². The standard InChI is InChI=1S/C15H28O4/c1-4-7-9-11-18-14(16)13(6-3)15(17)19-12-10-8-5-2/h13H,4-12H2,1-3H3. The van der Waals surface area contributed by atoms with Gasteiger partial charge in [-0.25, -0.2) is 0 Å². The number of hydrogen-bond donors (Lipinski definition) is 0. The number of carbonyl (C=O) groups is 2.